The number of nitrogens with one attached hydrogen (secondary N) is 4. The third-order valence-corrected chi connectivity index (χ3v) is 11.8. The van der Waals surface area contributed by atoms with E-state index < -0.39 is 18.0 Å². The van der Waals surface area contributed by atoms with E-state index in [4.69, 9.17) is 28.8 Å². The lowest BCUT2D eigenvalue weighted by Gasteiger charge is -2.18. The van der Waals surface area contributed by atoms with Crippen LogP contribution in [0.15, 0.2) is 24.3 Å². The van der Waals surface area contributed by atoms with Crippen LogP contribution in [0.2, 0.25) is 0 Å². The maximum absolute atomic E-state index is 12.8. The molecule has 0 aliphatic carbocycles. The zero-order valence-electron chi connectivity index (χ0n) is 43.8. The van der Waals surface area contributed by atoms with Crippen molar-refractivity contribution in [3.05, 3.63) is 29.8 Å². The van der Waals surface area contributed by atoms with Gasteiger partial charge in [0.2, 0.25) is 17.7 Å². The molecule has 0 aliphatic rings. The molecule has 0 radical (unpaired) electrons. The number of hydrogen-bond acceptors (Lipinski definition) is 15. The molecule has 0 spiro atoms. The van der Waals surface area contributed by atoms with Crippen LogP contribution in [-0.2, 0) is 57.3 Å². The Morgan fingerprint density at radius 2 is 1.14 bits per heavy atom. The van der Waals surface area contributed by atoms with E-state index in [1.165, 1.54) is 19.1 Å². The van der Waals surface area contributed by atoms with Crippen LogP contribution in [0, 0.1) is 5.92 Å². The Morgan fingerprint density at radius 1 is 0.521 bits per heavy atom. The number of carboxylic acids is 2. The average Bonchev–Trinajstić information content (AvgIpc) is 3.36. The summed E-state index contributed by atoms with van der Waals surface area (Å²) in [5, 5.41) is 29.6. The first kappa shape index (κ1) is 65.9. The Balaban J connectivity index is 2.01. The molecule has 0 aromatic heterocycles. The van der Waals surface area contributed by atoms with Crippen LogP contribution in [-0.4, -0.2) is 155 Å². The molecule has 3 amide bonds. The molecule has 6 N–H and O–H groups in total. The molecule has 0 saturated carbocycles. The predicted octanol–water partition coefficient (Wildman–Crippen LogP) is 5.34. The number of Topliss-reactive ketones (excluding diaryl/α,β-unsaturated/α-hetero) is 4. The standard InChI is InChI=1S/C53H86N4O16/c1-4-15-45(54-3)48(61)28-22-41(47(60)27-19-40(2)58)16-11-12-29-55-50(63)38-72-37-35-70-33-30-56-51(64)39-71-36-34-69-31-14-17-43(59)23-26-46(53(67)68)57-49(62)18-10-8-6-5-7-9-13-32-73-44-24-20-42(21-25-44)52(65)66/h20-21,24-25,41,45-46,54H,4-19,22-23,26-39H2,1-3H3,(H,55,63)(H,56,64)(H,57,62)(H,65,66)(H,67,68)/t41-,45+,46+/m1/s1. The summed E-state index contributed by atoms with van der Waals surface area (Å²) in [7, 11) is 1.76. The van der Waals surface area contributed by atoms with Gasteiger partial charge in [-0.05, 0) is 89.6 Å². The van der Waals surface area contributed by atoms with Gasteiger partial charge >= 0.3 is 11.9 Å². The zero-order chi connectivity index (χ0) is 53.9. The third-order valence-electron chi connectivity index (χ3n) is 11.8. The Hall–Kier alpha value is -5.15. The number of unbranched alkanes of at least 4 members (excludes halogenated alkanes) is 7. The minimum Gasteiger partial charge on any atom is -0.494 e. The summed E-state index contributed by atoms with van der Waals surface area (Å²) in [6.07, 6.45) is 11.8. The van der Waals surface area contributed by atoms with Crippen LogP contribution in [0.4, 0.5) is 0 Å². The lowest BCUT2D eigenvalue weighted by atomic mass is 9.88. The highest BCUT2D eigenvalue weighted by molar-refractivity contribution is 5.88. The van der Waals surface area contributed by atoms with E-state index in [0.29, 0.717) is 63.8 Å². The number of ether oxygens (including phenoxy) is 5. The van der Waals surface area contributed by atoms with Crippen molar-refractivity contribution in [1.82, 2.24) is 21.3 Å². The highest BCUT2D eigenvalue weighted by Gasteiger charge is 2.23. The van der Waals surface area contributed by atoms with E-state index in [9.17, 15) is 48.3 Å². The topological polar surface area (TPSA) is 288 Å². The maximum atomic E-state index is 12.8. The van der Waals surface area contributed by atoms with Crippen molar-refractivity contribution < 1.29 is 77.0 Å². The van der Waals surface area contributed by atoms with E-state index in [1.807, 2.05) is 6.92 Å². The van der Waals surface area contributed by atoms with Crippen LogP contribution in [0.25, 0.3) is 0 Å². The molecule has 1 aromatic rings. The van der Waals surface area contributed by atoms with Crippen LogP contribution >= 0.6 is 0 Å². The van der Waals surface area contributed by atoms with Crippen LogP contribution in [0.5, 0.6) is 5.75 Å². The van der Waals surface area contributed by atoms with Crippen molar-refractivity contribution in [3.63, 3.8) is 0 Å². The Bertz CT molecular complexity index is 1760. The molecule has 0 saturated heterocycles. The largest absolute Gasteiger partial charge is 0.494 e. The summed E-state index contributed by atoms with van der Waals surface area (Å²) in [5.41, 5.74) is 0.213. The number of ketones is 4. The number of carbonyl (C=O) groups is 9. The van der Waals surface area contributed by atoms with Crippen molar-refractivity contribution in [2.75, 3.05) is 79.6 Å². The van der Waals surface area contributed by atoms with E-state index in [-0.39, 0.29) is 156 Å². The number of aromatic carboxylic acids is 1. The minimum atomic E-state index is -1.19. The lowest BCUT2D eigenvalue weighted by molar-refractivity contribution is -0.142. The van der Waals surface area contributed by atoms with E-state index in [1.54, 1.807) is 19.2 Å². The van der Waals surface area contributed by atoms with Gasteiger partial charge in [0.15, 0.2) is 0 Å². The smallest absolute Gasteiger partial charge is 0.335 e. The summed E-state index contributed by atoms with van der Waals surface area (Å²) in [4.78, 5) is 108. The minimum absolute atomic E-state index is 0.000220. The number of rotatable bonds is 50. The average molecular weight is 1040 g/mol. The molecule has 0 aliphatic heterocycles. The van der Waals surface area contributed by atoms with Gasteiger partial charge in [-0.1, -0.05) is 51.9 Å². The van der Waals surface area contributed by atoms with Crippen molar-refractivity contribution in [2.45, 2.75) is 161 Å². The number of carbonyl (C=O) groups excluding carboxylic acids is 7. The van der Waals surface area contributed by atoms with Gasteiger partial charge in [0.05, 0.1) is 51.2 Å². The highest BCUT2D eigenvalue weighted by atomic mass is 16.5. The van der Waals surface area contributed by atoms with E-state index >= 15 is 0 Å². The summed E-state index contributed by atoms with van der Waals surface area (Å²) >= 11 is 0. The number of aliphatic carboxylic acids is 1. The first-order valence-electron chi connectivity index (χ1n) is 26.2. The predicted molar refractivity (Wildman–Crippen MR) is 272 cm³/mol. The molecular weight excluding hydrogens is 949 g/mol. The normalized spacial score (nSPS) is 12.3. The summed E-state index contributed by atoms with van der Waals surface area (Å²) in [6.45, 7) is 5.68. The SMILES string of the molecule is CCC[C@H](NC)C(=O)CC[C@@H](CCCCNC(=O)COCCOCCNC(=O)COCCOCCCC(=O)CC[C@H](NC(=O)CCCCCCCCCOc1ccc(C(=O)O)cc1)C(=O)O)C(=O)CCC(C)=O. The highest BCUT2D eigenvalue weighted by Crippen LogP contribution is 2.20. The van der Waals surface area contributed by atoms with Gasteiger partial charge in [-0.3, -0.25) is 28.8 Å². The summed E-state index contributed by atoms with van der Waals surface area (Å²) in [5.74, 6) is -2.88. The van der Waals surface area contributed by atoms with Gasteiger partial charge in [-0.15, -0.1) is 0 Å². The van der Waals surface area contributed by atoms with Gasteiger partial charge in [0.25, 0.3) is 0 Å². The Kier molecular flexibility index (Phi) is 39.0. The molecule has 73 heavy (non-hydrogen) atoms. The van der Waals surface area contributed by atoms with Crippen molar-refractivity contribution in [3.8, 4) is 5.75 Å². The van der Waals surface area contributed by atoms with Gasteiger partial charge < -0.3 is 60.0 Å². The quantitative estimate of drug-likeness (QED) is 0.0449. The second-order valence-corrected chi connectivity index (χ2v) is 18.1. The first-order chi connectivity index (χ1) is 35.2. The van der Waals surface area contributed by atoms with Crippen molar-refractivity contribution >= 4 is 52.8 Å². The third kappa shape index (κ3) is 36.4. The molecule has 1 rings (SSSR count). The molecule has 0 bridgehead atoms. The maximum Gasteiger partial charge on any atom is 0.335 e. The number of hydrogen-bond donors (Lipinski definition) is 6. The number of carboxylic acid groups (broad SMARTS) is 2. The van der Waals surface area contributed by atoms with Crippen LogP contribution in [0.3, 0.4) is 0 Å². The summed E-state index contributed by atoms with van der Waals surface area (Å²) < 4.78 is 27.2. The number of likely N-dealkylation sites (N-methyl/N-ethyl adjacent to an activating group) is 1. The van der Waals surface area contributed by atoms with Gasteiger partial charge in [-0.25, -0.2) is 9.59 Å². The molecule has 0 fully saturated rings. The Morgan fingerprint density at radius 3 is 1.75 bits per heavy atom. The van der Waals surface area contributed by atoms with E-state index in [2.05, 4.69) is 21.3 Å². The molecule has 414 valence electrons. The van der Waals surface area contributed by atoms with Crippen LogP contribution in [0.1, 0.15) is 159 Å². The molecule has 1 aromatic carbocycles. The second kappa shape index (κ2) is 43.3. The second-order valence-electron chi connectivity index (χ2n) is 18.1. The molecule has 0 heterocycles. The van der Waals surface area contributed by atoms with Gasteiger partial charge in [0, 0.05) is 64.1 Å². The van der Waals surface area contributed by atoms with Gasteiger partial charge in [-0.2, -0.15) is 0 Å². The number of benzene rings is 1. The zero-order valence-corrected chi connectivity index (χ0v) is 43.8. The van der Waals surface area contributed by atoms with Crippen molar-refractivity contribution in [2.24, 2.45) is 5.92 Å². The van der Waals surface area contributed by atoms with Crippen molar-refractivity contribution in [1.29, 1.82) is 0 Å². The fourth-order valence-corrected chi connectivity index (χ4v) is 7.57. The monoisotopic (exact) mass is 1030 g/mol. The fraction of sp³-hybridized carbons (Fsp3) is 0.717. The molecular formula is C53H86N4O16. The van der Waals surface area contributed by atoms with E-state index in [0.717, 1.165) is 51.4 Å². The lowest BCUT2D eigenvalue weighted by Crippen LogP contribution is -2.41. The molecule has 3 atom stereocenters. The molecule has 20 heteroatoms. The Labute approximate surface area is 431 Å². The fourth-order valence-electron chi connectivity index (χ4n) is 7.57. The first-order valence-corrected chi connectivity index (χ1v) is 26.2. The molecule has 0 unspecified atom stereocenters. The van der Waals surface area contributed by atoms with Crippen LogP contribution < -0.4 is 26.0 Å². The van der Waals surface area contributed by atoms with Gasteiger partial charge in [0.1, 0.15) is 48.1 Å². The summed E-state index contributed by atoms with van der Waals surface area (Å²) in [6, 6.07) is 4.93. The molecule has 20 nitrogen and oxygen atoms in total. The number of amides is 3.